The fraction of sp³-hybridized carbons (Fsp3) is 0.263. The van der Waals surface area contributed by atoms with Crippen molar-refractivity contribution in [2.45, 2.75) is 25.7 Å². The van der Waals surface area contributed by atoms with Gasteiger partial charge < -0.3 is 5.32 Å². The minimum Gasteiger partial charge on any atom is -0.356 e. The highest BCUT2D eigenvalue weighted by Gasteiger charge is 2.09. The first-order valence-corrected chi connectivity index (χ1v) is 10.2. The van der Waals surface area contributed by atoms with Crippen LogP contribution in [0.15, 0.2) is 47.3 Å². The van der Waals surface area contributed by atoms with Crippen molar-refractivity contribution >= 4 is 34.4 Å². The van der Waals surface area contributed by atoms with Crippen LogP contribution in [0.25, 0.3) is 10.7 Å². The molecule has 7 heteroatoms. The van der Waals surface area contributed by atoms with E-state index in [-0.39, 0.29) is 11.7 Å². The lowest BCUT2D eigenvalue weighted by molar-refractivity contribution is -0.121. The molecule has 0 unspecified atom stereocenters. The second-order valence-electron chi connectivity index (χ2n) is 5.71. The number of ketones is 1. The lowest BCUT2D eigenvalue weighted by Crippen LogP contribution is -2.25. The van der Waals surface area contributed by atoms with E-state index in [0.29, 0.717) is 32.2 Å². The van der Waals surface area contributed by atoms with Crippen molar-refractivity contribution in [2.75, 3.05) is 6.54 Å². The molecule has 0 saturated heterocycles. The van der Waals surface area contributed by atoms with Gasteiger partial charge in [-0.1, -0.05) is 12.1 Å². The second kappa shape index (κ2) is 9.35. The molecule has 0 saturated carbocycles. The molecule has 0 bridgehead atoms. The number of pyridine rings is 1. The molecule has 0 aliphatic heterocycles. The van der Waals surface area contributed by atoms with Gasteiger partial charge in [0.2, 0.25) is 5.91 Å². The number of aromatic nitrogens is 2. The van der Waals surface area contributed by atoms with Crippen LogP contribution in [0.5, 0.6) is 0 Å². The Morgan fingerprint density at radius 2 is 2.00 bits per heavy atom. The van der Waals surface area contributed by atoms with Gasteiger partial charge in [-0.15, -0.1) is 22.7 Å². The summed E-state index contributed by atoms with van der Waals surface area (Å²) in [6, 6.07) is 9.43. The van der Waals surface area contributed by atoms with Gasteiger partial charge in [-0.05, 0) is 30.0 Å². The number of hydrogen-bond acceptors (Lipinski definition) is 6. The van der Waals surface area contributed by atoms with Crippen molar-refractivity contribution in [1.29, 1.82) is 0 Å². The third-order valence-corrected chi connectivity index (χ3v) is 5.57. The molecule has 3 heterocycles. The molecule has 0 fully saturated rings. The van der Waals surface area contributed by atoms with Crippen LogP contribution < -0.4 is 5.32 Å². The van der Waals surface area contributed by atoms with Gasteiger partial charge in [-0.2, -0.15) is 0 Å². The number of nitrogens with zero attached hydrogens (tertiary/aromatic N) is 2. The molecule has 26 heavy (non-hydrogen) atoms. The average molecular weight is 386 g/mol. The van der Waals surface area contributed by atoms with Crippen LogP contribution in [0.4, 0.5) is 0 Å². The first-order valence-electron chi connectivity index (χ1n) is 8.41. The highest BCUT2D eigenvalue weighted by atomic mass is 32.1. The van der Waals surface area contributed by atoms with E-state index >= 15 is 0 Å². The zero-order chi connectivity index (χ0) is 18.2. The van der Waals surface area contributed by atoms with Crippen LogP contribution in [-0.4, -0.2) is 28.2 Å². The summed E-state index contributed by atoms with van der Waals surface area (Å²) in [4.78, 5) is 33.4. The minimum absolute atomic E-state index is 0.0239. The summed E-state index contributed by atoms with van der Waals surface area (Å²) in [5.41, 5.74) is 1.81. The molecule has 0 spiro atoms. The van der Waals surface area contributed by atoms with Crippen molar-refractivity contribution in [3.63, 3.8) is 0 Å². The normalized spacial score (nSPS) is 10.6. The van der Waals surface area contributed by atoms with Crippen LogP contribution in [0.1, 0.15) is 34.6 Å². The Labute approximate surface area is 160 Å². The lowest BCUT2D eigenvalue weighted by atomic mass is 10.1. The van der Waals surface area contributed by atoms with Crippen LogP contribution >= 0.6 is 22.7 Å². The number of thiazole rings is 1. The Balaban J connectivity index is 1.35. The van der Waals surface area contributed by atoms with Gasteiger partial charge in [0.15, 0.2) is 5.78 Å². The number of amides is 1. The highest BCUT2D eigenvalue weighted by Crippen LogP contribution is 2.21. The number of hydrogen-bond donors (Lipinski definition) is 1. The summed E-state index contributed by atoms with van der Waals surface area (Å²) in [5.74, 6) is 0.0847. The number of Topliss-reactive ketones (excluding diaryl/α,β-unsaturated/α-hetero) is 1. The van der Waals surface area contributed by atoms with Crippen LogP contribution in [0, 0.1) is 0 Å². The molecule has 0 aromatic carbocycles. The van der Waals surface area contributed by atoms with Crippen LogP contribution in [0.2, 0.25) is 0 Å². The van der Waals surface area contributed by atoms with Gasteiger partial charge in [0, 0.05) is 37.4 Å². The van der Waals surface area contributed by atoms with Crippen LogP contribution in [-0.2, 0) is 11.2 Å². The standard InChI is InChI=1S/C19H19N3O2S2/c23-16(17-7-4-12-25-17)6-3-8-18(24)21-11-9-14-13-26-19(22-14)15-5-1-2-10-20-15/h1-2,4-5,7,10,12-13H,3,6,8-9,11H2,(H,21,24). The zero-order valence-electron chi connectivity index (χ0n) is 14.2. The fourth-order valence-corrected chi connectivity index (χ4v) is 3.94. The molecular weight excluding hydrogens is 366 g/mol. The maximum Gasteiger partial charge on any atom is 0.220 e. The van der Waals surface area contributed by atoms with Gasteiger partial charge in [0.1, 0.15) is 5.01 Å². The first kappa shape index (κ1) is 18.4. The van der Waals surface area contributed by atoms with Crippen molar-refractivity contribution < 1.29 is 9.59 Å². The Bertz CT molecular complexity index is 845. The molecule has 3 aromatic rings. The third-order valence-electron chi connectivity index (χ3n) is 3.74. The number of thiophene rings is 1. The van der Waals surface area contributed by atoms with Crippen molar-refractivity contribution in [2.24, 2.45) is 0 Å². The minimum atomic E-state index is -0.0239. The summed E-state index contributed by atoms with van der Waals surface area (Å²) < 4.78 is 0. The quantitative estimate of drug-likeness (QED) is 0.566. The molecule has 0 radical (unpaired) electrons. The lowest BCUT2D eigenvalue weighted by Gasteiger charge is -2.03. The summed E-state index contributed by atoms with van der Waals surface area (Å²) in [5, 5.41) is 7.66. The van der Waals surface area contributed by atoms with Gasteiger partial charge in [-0.3, -0.25) is 14.6 Å². The fourth-order valence-electron chi connectivity index (χ4n) is 2.42. The smallest absolute Gasteiger partial charge is 0.220 e. The number of carbonyl (C=O) groups excluding carboxylic acids is 2. The SMILES string of the molecule is O=C(CCCC(=O)c1cccs1)NCCc1csc(-c2ccccn2)n1. The largest absolute Gasteiger partial charge is 0.356 e. The monoisotopic (exact) mass is 385 g/mol. The predicted octanol–water partition coefficient (Wildman–Crippen LogP) is 3.98. The molecular formula is C19H19N3O2S2. The predicted molar refractivity (Wildman–Crippen MR) is 105 cm³/mol. The number of carbonyl (C=O) groups is 2. The molecule has 1 amide bonds. The van der Waals surface area contributed by atoms with E-state index in [1.807, 2.05) is 41.1 Å². The van der Waals surface area contributed by atoms with E-state index < -0.39 is 0 Å². The Kier molecular flexibility index (Phi) is 6.62. The molecule has 134 valence electrons. The number of rotatable bonds is 9. The Morgan fingerprint density at radius 1 is 1.08 bits per heavy atom. The van der Waals surface area contributed by atoms with E-state index in [1.54, 1.807) is 17.5 Å². The summed E-state index contributed by atoms with van der Waals surface area (Å²) >= 11 is 3.00. The summed E-state index contributed by atoms with van der Waals surface area (Å²) in [6.07, 6.45) is 3.78. The summed E-state index contributed by atoms with van der Waals surface area (Å²) in [7, 11) is 0. The molecule has 3 rings (SSSR count). The molecule has 0 atom stereocenters. The Morgan fingerprint density at radius 3 is 2.77 bits per heavy atom. The number of nitrogens with one attached hydrogen (secondary N) is 1. The van der Waals surface area contributed by atoms with Crippen LogP contribution in [0.3, 0.4) is 0 Å². The van der Waals surface area contributed by atoms with E-state index in [0.717, 1.165) is 21.3 Å². The first-order chi connectivity index (χ1) is 12.7. The molecule has 5 nitrogen and oxygen atoms in total. The topological polar surface area (TPSA) is 72.0 Å². The van der Waals surface area contributed by atoms with E-state index in [1.165, 1.54) is 11.3 Å². The van der Waals surface area contributed by atoms with Gasteiger partial charge >= 0.3 is 0 Å². The van der Waals surface area contributed by atoms with E-state index in [4.69, 9.17) is 0 Å². The van der Waals surface area contributed by atoms with Crippen molar-refractivity contribution in [3.05, 3.63) is 57.9 Å². The maximum absolute atomic E-state index is 11.9. The van der Waals surface area contributed by atoms with Gasteiger partial charge in [0.05, 0.1) is 16.3 Å². The molecule has 1 N–H and O–H groups in total. The third kappa shape index (κ3) is 5.31. The van der Waals surface area contributed by atoms with Gasteiger partial charge in [0.25, 0.3) is 0 Å². The second-order valence-corrected chi connectivity index (χ2v) is 7.52. The molecule has 3 aromatic heterocycles. The van der Waals surface area contributed by atoms with Crippen molar-refractivity contribution in [3.8, 4) is 10.7 Å². The maximum atomic E-state index is 11.9. The average Bonchev–Trinajstić information content (AvgIpc) is 3.34. The molecule has 0 aliphatic rings. The van der Waals surface area contributed by atoms with E-state index in [9.17, 15) is 9.59 Å². The zero-order valence-corrected chi connectivity index (χ0v) is 15.8. The van der Waals surface area contributed by atoms with E-state index in [2.05, 4.69) is 15.3 Å². The van der Waals surface area contributed by atoms with Crippen molar-refractivity contribution in [1.82, 2.24) is 15.3 Å². The van der Waals surface area contributed by atoms with Gasteiger partial charge in [-0.25, -0.2) is 4.98 Å². The molecule has 0 aliphatic carbocycles. The summed E-state index contributed by atoms with van der Waals surface area (Å²) in [6.45, 7) is 0.545. The Hall–Kier alpha value is -2.38. The highest BCUT2D eigenvalue weighted by molar-refractivity contribution is 7.13.